The highest BCUT2D eigenvalue weighted by atomic mass is 32.2. The van der Waals surface area contributed by atoms with Crippen LogP contribution in [-0.2, 0) is 0 Å². The summed E-state index contributed by atoms with van der Waals surface area (Å²) in [5, 5.41) is 14.2. The van der Waals surface area contributed by atoms with E-state index in [1.54, 1.807) is 36.4 Å². The summed E-state index contributed by atoms with van der Waals surface area (Å²) < 4.78 is 10.5. The molecule has 1 amide bonds. The molecule has 4 aromatic rings. The number of benzene rings is 4. The number of hydrogen-bond acceptors (Lipinski definition) is 7. The number of ether oxygens (including phenoxy) is 2. The molecule has 0 saturated carbocycles. The summed E-state index contributed by atoms with van der Waals surface area (Å²) in [6, 6.07) is 24.9. The molecule has 0 atom stereocenters. The Balaban J connectivity index is 1.53. The smallest absolute Gasteiger partial charge is 0.272 e. The summed E-state index contributed by atoms with van der Waals surface area (Å²) in [5.74, 6) is 0.254. The van der Waals surface area contributed by atoms with Crippen LogP contribution in [0.25, 0.3) is 0 Å². The fourth-order valence-electron chi connectivity index (χ4n) is 3.53. The zero-order valence-corrected chi connectivity index (χ0v) is 20.8. The van der Waals surface area contributed by atoms with Crippen molar-refractivity contribution in [2.75, 3.05) is 19.5 Å². The van der Waals surface area contributed by atoms with E-state index in [9.17, 15) is 19.7 Å². The summed E-state index contributed by atoms with van der Waals surface area (Å²) in [6.45, 7) is 0. The number of non-ortho nitro benzene ring substituents is 1. The quantitative estimate of drug-likeness (QED) is 0.160. The van der Waals surface area contributed by atoms with Gasteiger partial charge in [-0.05, 0) is 42.5 Å². The SMILES string of the molecule is COc1cc(OC)cc(C(=O)c2ccc(C(=O)Nc3cc(Sc4ccccc4)cc([N+](=O)[O-])c3)cc2)c1. The number of amides is 1. The number of carbonyl (C=O) groups is 2. The van der Waals surface area contributed by atoms with Crippen LogP contribution >= 0.6 is 11.8 Å². The number of hydrogen-bond donors (Lipinski definition) is 1. The first-order chi connectivity index (χ1) is 17.9. The lowest BCUT2D eigenvalue weighted by molar-refractivity contribution is -0.385. The number of carbonyl (C=O) groups excluding carboxylic acids is 2. The first-order valence-corrected chi connectivity index (χ1v) is 11.9. The van der Waals surface area contributed by atoms with Crippen molar-refractivity contribution < 1.29 is 24.0 Å². The standard InChI is InChI=1S/C28H22N2O6S/c1-35-23-12-20(13-24(17-23)36-2)27(31)18-8-10-19(11-9-18)28(32)29-21-14-22(30(33)34)16-26(15-21)37-25-6-4-3-5-7-25/h3-17H,1-2H3,(H,29,32). The molecule has 4 aromatic carbocycles. The van der Waals surface area contributed by atoms with E-state index < -0.39 is 10.8 Å². The van der Waals surface area contributed by atoms with Gasteiger partial charge >= 0.3 is 0 Å². The maximum Gasteiger partial charge on any atom is 0.272 e. The maximum atomic E-state index is 13.0. The van der Waals surface area contributed by atoms with E-state index in [1.165, 1.54) is 50.2 Å². The van der Waals surface area contributed by atoms with E-state index in [2.05, 4.69) is 5.32 Å². The van der Waals surface area contributed by atoms with Gasteiger partial charge in [-0.15, -0.1) is 0 Å². The molecule has 0 saturated heterocycles. The molecule has 1 N–H and O–H groups in total. The third-order valence-corrected chi connectivity index (χ3v) is 6.34. The van der Waals surface area contributed by atoms with Crippen LogP contribution < -0.4 is 14.8 Å². The molecule has 0 radical (unpaired) electrons. The molecule has 0 fully saturated rings. The van der Waals surface area contributed by atoms with Gasteiger partial charge in [-0.1, -0.05) is 42.1 Å². The number of ketones is 1. The maximum absolute atomic E-state index is 13.0. The molecule has 0 heterocycles. The van der Waals surface area contributed by atoms with Gasteiger partial charge in [0.1, 0.15) is 11.5 Å². The molecule has 0 unspecified atom stereocenters. The predicted molar refractivity (Wildman–Crippen MR) is 141 cm³/mol. The molecule has 0 aromatic heterocycles. The number of nitrogens with one attached hydrogen (secondary N) is 1. The molecule has 0 aliphatic carbocycles. The first kappa shape index (κ1) is 25.5. The Morgan fingerprint density at radius 2 is 1.38 bits per heavy atom. The molecule has 0 bridgehead atoms. The lowest BCUT2D eigenvalue weighted by Gasteiger charge is -2.10. The number of nitro groups is 1. The summed E-state index contributed by atoms with van der Waals surface area (Å²) >= 11 is 1.35. The Hall–Kier alpha value is -4.63. The minimum absolute atomic E-state index is 0.133. The van der Waals surface area contributed by atoms with E-state index in [1.807, 2.05) is 30.3 Å². The van der Waals surface area contributed by atoms with Crippen molar-refractivity contribution in [1.82, 2.24) is 0 Å². The average Bonchev–Trinajstić information content (AvgIpc) is 2.92. The number of nitrogens with zero attached hydrogens (tertiary/aromatic N) is 1. The molecule has 186 valence electrons. The van der Waals surface area contributed by atoms with Gasteiger partial charge in [0.15, 0.2) is 5.78 Å². The summed E-state index contributed by atoms with van der Waals surface area (Å²) in [5.41, 5.74) is 1.22. The summed E-state index contributed by atoms with van der Waals surface area (Å²) in [7, 11) is 3.00. The predicted octanol–water partition coefficient (Wildman–Crippen LogP) is 6.25. The second-order valence-electron chi connectivity index (χ2n) is 7.85. The molecular weight excluding hydrogens is 492 g/mol. The highest BCUT2D eigenvalue weighted by molar-refractivity contribution is 7.99. The zero-order valence-electron chi connectivity index (χ0n) is 20.0. The number of nitro benzene ring substituents is 1. The lowest BCUT2D eigenvalue weighted by atomic mass is 10.0. The van der Waals surface area contributed by atoms with Crippen LogP contribution in [0.2, 0.25) is 0 Å². The zero-order chi connectivity index (χ0) is 26.4. The van der Waals surface area contributed by atoms with Crippen molar-refractivity contribution >= 4 is 34.8 Å². The van der Waals surface area contributed by atoms with Gasteiger partial charge in [0.25, 0.3) is 11.6 Å². The van der Waals surface area contributed by atoms with Crippen LogP contribution in [0.15, 0.2) is 101 Å². The summed E-state index contributed by atoms with van der Waals surface area (Å²) in [4.78, 5) is 38.3. The Morgan fingerprint density at radius 3 is 1.97 bits per heavy atom. The second-order valence-corrected chi connectivity index (χ2v) is 9.00. The van der Waals surface area contributed by atoms with Gasteiger partial charge < -0.3 is 14.8 Å². The fraction of sp³-hybridized carbons (Fsp3) is 0.0714. The third kappa shape index (κ3) is 6.33. The Morgan fingerprint density at radius 1 is 0.757 bits per heavy atom. The van der Waals surface area contributed by atoms with Gasteiger partial charge in [0, 0.05) is 50.4 Å². The topological polar surface area (TPSA) is 108 Å². The molecule has 8 nitrogen and oxygen atoms in total. The van der Waals surface area contributed by atoms with Gasteiger partial charge in [-0.25, -0.2) is 0 Å². The van der Waals surface area contributed by atoms with Crippen LogP contribution in [0.3, 0.4) is 0 Å². The minimum atomic E-state index is -0.501. The third-order valence-electron chi connectivity index (χ3n) is 5.36. The van der Waals surface area contributed by atoms with Crippen LogP contribution in [0.5, 0.6) is 11.5 Å². The Kier molecular flexibility index (Phi) is 7.85. The molecular formula is C28H22N2O6S. The van der Waals surface area contributed by atoms with Crippen molar-refractivity contribution in [3.05, 3.63) is 118 Å². The van der Waals surface area contributed by atoms with Gasteiger partial charge in [-0.3, -0.25) is 19.7 Å². The fourth-order valence-corrected chi connectivity index (χ4v) is 4.46. The van der Waals surface area contributed by atoms with Crippen LogP contribution in [0, 0.1) is 10.1 Å². The van der Waals surface area contributed by atoms with Crippen LogP contribution in [0.1, 0.15) is 26.3 Å². The van der Waals surface area contributed by atoms with Crippen molar-refractivity contribution in [1.29, 1.82) is 0 Å². The highest BCUT2D eigenvalue weighted by Crippen LogP contribution is 2.33. The van der Waals surface area contributed by atoms with E-state index in [-0.39, 0.29) is 11.5 Å². The van der Waals surface area contributed by atoms with E-state index in [4.69, 9.17) is 9.47 Å². The average molecular weight is 515 g/mol. The molecule has 4 rings (SSSR count). The number of anilines is 1. The summed E-state index contributed by atoms with van der Waals surface area (Å²) in [6.07, 6.45) is 0. The number of methoxy groups -OCH3 is 2. The van der Waals surface area contributed by atoms with Gasteiger partial charge in [0.2, 0.25) is 0 Å². The van der Waals surface area contributed by atoms with Crippen molar-refractivity contribution in [3.8, 4) is 11.5 Å². The van der Waals surface area contributed by atoms with E-state index in [0.717, 1.165) is 4.90 Å². The molecule has 0 spiro atoms. The van der Waals surface area contributed by atoms with E-state index in [0.29, 0.717) is 38.8 Å². The van der Waals surface area contributed by atoms with Crippen LogP contribution in [0.4, 0.5) is 11.4 Å². The monoisotopic (exact) mass is 514 g/mol. The number of rotatable bonds is 9. The second kappa shape index (κ2) is 11.4. The van der Waals surface area contributed by atoms with Crippen molar-refractivity contribution in [3.63, 3.8) is 0 Å². The largest absolute Gasteiger partial charge is 0.497 e. The highest BCUT2D eigenvalue weighted by Gasteiger charge is 2.16. The first-order valence-electron chi connectivity index (χ1n) is 11.1. The Bertz CT molecular complexity index is 1430. The normalized spacial score (nSPS) is 10.4. The van der Waals surface area contributed by atoms with E-state index >= 15 is 0 Å². The lowest BCUT2D eigenvalue weighted by Crippen LogP contribution is -2.12. The van der Waals surface area contributed by atoms with Crippen LogP contribution in [-0.4, -0.2) is 30.8 Å². The van der Waals surface area contributed by atoms with Gasteiger partial charge in [-0.2, -0.15) is 0 Å². The van der Waals surface area contributed by atoms with Gasteiger partial charge in [0.05, 0.1) is 19.1 Å². The van der Waals surface area contributed by atoms with Crippen molar-refractivity contribution in [2.45, 2.75) is 9.79 Å². The Labute approximate surface area is 217 Å². The molecule has 0 aliphatic heterocycles. The molecule has 0 aliphatic rings. The van der Waals surface area contributed by atoms with Crippen molar-refractivity contribution in [2.24, 2.45) is 0 Å². The molecule has 9 heteroatoms. The molecule has 37 heavy (non-hydrogen) atoms. The minimum Gasteiger partial charge on any atom is -0.497 e.